The minimum Gasteiger partial charge on any atom is -0.490 e. The molecule has 0 fully saturated rings. The zero-order valence-corrected chi connectivity index (χ0v) is 14.8. The highest BCUT2D eigenvalue weighted by Crippen LogP contribution is 2.19. The molecule has 0 saturated heterocycles. The number of nitrogens with one attached hydrogen (secondary N) is 1. The average molecular weight is 368 g/mol. The van der Waals surface area contributed by atoms with Crippen LogP contribution in [0.2, 0.25) is 5.02 Å². The van der Waals surface area contributed by atoms with E-state index in [1.807, 2.05) is 42.5 Å². The molecule has 1 N–H and O–H groups in total. The standard InChI is InChI=1S/C21H18ClNO3/c22-17-11-9-16(10-12-17)21(24)23-18-5-4-8-20(15-18)26-14-13-25-19-6-2-1-3-7-19/h1-12,15H,13-14H2,(H,23,24). The molecule has 3 aromatic carbocycles. The molecule has 0 aliphatic rings. The monoisotopic (exact) mass is 367 g/mol. The Morgan fingerprint density at radius 1 is 0.808 bits per heavy atom. The number of carbonyl (C=O) groups is 1. The van der Waals surface area contributed by atoms with Crippen molar-refractivity contribution in [2.24, 2.45) is 0 Å². The van der Waals surface area contributed by atoms with Gasteiger partial charge >= 0.3 is 0 Å². The maximum atomic E-state index is 12.2. The van der Waals surface area contributed by atoms with Crippen molar-refractivity contribution in [3.63, 3.8) is 0 Å². The molecule has 1 amide bonds. The zero-order chi connectivity index (χ0) is 18.2. The topological polar surface area (TPSA) is 47.6 Å². The van der Waals surface area contributed by atoms with E-state index in [0.29, 0.717) is 35.2 Å². The first kappa shape index (κ1) is 17.8. The van der Waals surface area contributed by atoms with E-state index in [0.717, 1.165) is 5.75 Å². The molecule has 0 aliphatic carbocycles. The van der Waals surface area contributed by atoms with Gasteiger partial charge in [0, 0.05) is 22.3 Å². The third-order valence-corrected chi connectivity index (χ3v) is 3.81. The minimum absolute atomic E-state index is 0.203. The molecule has 0 saturated carbocycles. The van der Waals surface area contributed by atoms with Crippen molar-refractivity contribution in [3.8, 4) is 11.5 Å². The van der Waals surface area contributed by atoms with Crippen LogP contribution in [0.3, 0.4) is 0 Å². The molecule has 5 heteroatoms. The zero-order valence-electron chi connectivity index (χ0n) is 14.0. The number of para-hydroxylation sites is 1. The van der Waals surface area contributed by atoms with E-state index < -0.39 is 0 Å². The number of ether oxygens (including phenoxy) is 2. The lowest BCUT2D eigenvalue weighted by molar-refractivity contribution is 0.102. The highest BCUT2D eigenvalue weighted by molar-refractivity contribution is 6.30. The van der Waals surface area contributed by atoms with E-state index in [1.165, 1.54) is 0 Å². The maximum Gasteiger partial charge on any atom is 0.255 e. The molecule has 0 bridgehead atoms. The smallest absolute Gasteiger partial charge is 0.255 e. The van der Waals surface area contributed by atoms with Gasteiger partial charge in [0.25, 0.3) is 5.91 Å². The first-order valence-corrected chi connectivity index (χ1v) is 8.56. The molecule has 4 nitrogen and oxygen atoms in total. The van der Waals surface area contributed by atoms with Crippen molar-refractivity contribution in [2.45, 2.75) is 0 Å². The quantitative estimate of drug-likeness (QED) is 0.594. The number of carbonyl (C=O) groups excluding carboxylic acids is 1. The molecule has 0 atom stereocenters. The van der Waals surface area contributed by atoms with Gasteiger partial charge in [-0.3, -0.25) is 4.79 Å². The van der Waals surface area contributed by atoms with Crippen molar-refractivity contribution in [2.75, 3.05) is 18.5 Å². The summed E-state index contributed by atoms with van der Waals surface area (Å²) >= 11 is 5.84. The van der Waals surface area contributed by atoms with Crippen LogP contribution in [-0.4, -0.2) is 19.1 Å². The predicted molar refractivity (Wildman–Crippen MR) is 103 cm³/mol. The molecule has 0 aliphatic heterocycles. The summed E-state index contributed by atoms with van der Waals surface area (Å²) in [7, 11) is 0. The van der Waals surface area contributed by atoms with Crippen molar-refractivity contribution in [1.29, 1.82) is 0 Å². The van der Waals surface area contributed by atoms with Gasteiger partial charge in [-0.15, -0.1) is 0 Å². The van der Waals surface area contributed by atoms with Crippen LogP contribution in [0.4, 0.5) is 5.69 Å². The molecule has 3 rings (SSSR count). The highest BCUT2D eigenvalue weighted by Gasteiger charge is 2.06. The first-order valence-electron chi connectivity index (χ1n) is 8.18. The van der Waals surface area contributed by atoms with Crippen LogP contribution in [0.5, 0.6) is 11.5 Å². The number of hydrogen-bond donors (Lipinski definition) is 1. The highest BCUT2D eigenvalue weighted by atomic mass is 35.5. The summed E-state index contributed by atoms with van der Waals surface area (Å²) in [5, 5.41) is 3.43. The van der Waals surface area contributed by atoms with Gasteiger partial charge in [0.05, 0.1) is 0 Å². The molecule has 132 valence electrons. The van der Waals surface area contributed by atoms with Gasteiger partial charge < -0.3 is 14.8 Å². The fourth-order valence-electron chi connectivity index (χ4n) is 2.30. The first-order chi connectivity index (χ1) is 12.7. The van der Waals surface area contributed by atoms with Crippen molar-refractivity contribution >= 4 is 23.2 Å². The second-order valence-corrected chi connectivity index (χ2v) is 5.94. The Labute approximate surface area is 157 Å². The molecular formula is C21H18ClNO3. The van der Waals surface area contributed by atoms with Crippen molar-refractivity contribution < 1.29 is 14.3 Å². The van der Waals surface area contributed by atoms with Gasteiger partial charge in [-0.2, -0.15) is 0 Å². The number of anilines is 1. The van der Waals surface area contributed by atoms with E-state index in [1.54, 1.807) is 36.4 Å². The Kier molecular flexibility index (Phi) is 6.12. The van der Waals surface area contributed by atoms with E-state index in [2.05, 4.69) is 5.32 Å². The Balaban J connectivity index is 1.51. The van der Waals surface area contributed by atoms with Crippen LogP contribution in [-0.2, 0) is 0 Å². The molecule has 3 aromatic rings. The maximum absolute atomic E-state index is 12.2. The third-order valence-electron chi connectivity index (χ3n) is 3.56. The number of halogens is 1. The summed E-state index contributed by atoms with van der Waals surface area (Å²) in [5.41, 5.74) is 1.20. The van der Waals surface area contributed by atoms with Gasteiger partial charge in [0.2, 0.25) is 0 Å². The molecular weight excluding hydrogens is 350 g/mol. The summed E-state index contributed by atoms with van der Waals surface area (Å²) < 4.78 is 11.3. The molecule has 0 heterocycles. The summed E-state index contributed by atoms with van der Waals surface area (Å²) in [6.07, 6.45) is 0. The molecule has 0 unspecified atom stereocenters. The van der Waals surface area contributed by atoms with Crippen LogP contribution in [0.15, 0.2) is 78.9 Å². The van der Waals surface area contributed by atoms with E-state index >= 15 is 0 Å². The molecule has 0 spiro atoms. The molecule has 0 radical (unpaired) electrons. The van der Waals surface area contributed by atoms with Gasteiger partial charge in [-0.05, 0) is 48.5 Å². The van der Waals surface area contributed by atoms with Gasteiger partial charge in [0.15, 0.2) is 0 Å². The Hall–Kier alpha value is -2.98. The number of amides is 1. The van der Waals surface area contributed by atoms with E-state index in [-0.39, 0.29) is 5.91 Å². The summed E-state index contributed by atoms with van der Waals surface area (Å²) in [6.45, 7) is 0.842. The van der Waals surface area contributed by atoms with Crippen molar-refractivity contribution in [1.82, 2.24) is 0 Å². The fourth-order valence-corrected chi connectivity index (χ4v) is 2.43. The second-order valence-electron chi connectivity index (χ2n) is 5.50. The van der Waals surface area contributed by atoms with Crippen molar-refractivity contribution in [3.05, 3.63) is 89.4 Å². The lowest BCUT2D eigenvalue weighted by Crippen LogP contribution is -2.12. The lowest BCUT2D eigenvalue weighted by Gasteiger charge is -2.10. The Bertz CT molecular complexity index is 851. The van der Waals surface area contributed by atoms with Crippen LogP contribution in [0, 0.1) is 0 Å². The fraction of sp³-hybridized carbons (Fsp3) is 0.0952. The summed E-state index contributed by atoms with van der Waals surface area (Å²) in [4.78, 5) is 12.2. The van der Waals surface area contributed by atoms with E-state index in [9.17, 15) is 4.79 Å². The second kappa shape index (κ2) is 8.92. The number of rotatable bonds is 7. The summed E-state index contributed by atoms with van der Waals surface area (Å²) in [5.74, 6) is 1.27. The van der Waals surface area contributed by atoms with Crippen LogP contribution < -0.4 is 14.8 Å². The lowest BCUT2D eigenvalue weighted by atomic mass is 10.2. The van der Waals surface area contributed by atoms with Gasteiger partial charge in [-0.1, -0.05) is 35.9 Å². The summed E-state index contributed by atoms with van der Waals surface area (Å²) in [6, 6.07) is 23.5. The largest absolute Gasteiger partial charge is 0.490 e. The van der Waals surface area contributed by atoms with Gasteiger partial charge in [-0.25, -0.2) is 0 Å². The van der Waals surface area contributed by atoms with E-state index in [4.69, 9.17) is 21.1 Å². The number of hydrogen-bond acceptors (Lipinski definition) is 3. The predicted octanol–water partition coefficient (Wildman–Crippen LogP) is 5.05. The van der Waals surface area contributed by atoms with Crippen LogP contribution in [0.1, 0.15) is 10.4 Å². The van der Waals surface area contributed by atoms with Crippen LogP contribution in [0.25, 0.3) is 0 Å². The number of benzene rings is 3. The van der Waals surface area contributed by atoms with Crippen LogP contribution >= 0.6 is 11.6 Å². The normalized spacial score (nSPS) is 10.2. The minimum atomic E-state index is -0.203. The third kappa shape index (κ3) is 5.26. The Morgan fingerprint density at radius 2 is 1.46 bits per heavy atom. The molecule has 26 heavy (non-hydrogen) atoms. The Morgan fingerprint density at radius 3 is 2.19 bits per heavy atom. The van der Waals surface area contributed by atoms with Gasteiger partial charge in [0.1, 0.15) is 24.7 Å². The SMILES string of the molecule is O=C(Nc1cccc(OCCOc2ccccc2)c1)c1ccc(Cl)cc1. The average Bonchev–Trinajstić information content (AvgIpc) is 2.67. The molecule has 0 aromatic heterocycles.